The lowest BCUT2D eigenvalue weighted by molar-refractivity contribution is -0.138. The van der Waals surface area contributed by atoms with E-state index in [1.54, 1.807) is 71.9 Å². The number of rotatable bonds is 26. The molecule has 3 aromatic heterocycles. The van der Waals surface area contributed by atoms with E-state index < -0.39 is 23.9 Å². The van der Waals surface area contributed by atoms with E-state index in [9.17, 15) is 28.8 Å². The third-order valence-corrected chi connectivity index (χ3v) is 12.1. The van der Waals surface area contributed by atoms with Crippen LogP contribution in [0.4, 0.5) is 27.9 Å². The summed E-state index contributed by atoms with van der Waals surface area (Å²) in [5.41, 5.74) is 20.4. The van der Waals surface area contributed by atoms with Crippen molar-refractivity contribution in [2.24, 2.45) is 0 Å². The molecule has 1 atom stereocenters. The van der Waals surface area contributed by atoms with Gasteiger partial charge in [0.2, 0.25) is 11.9 Å². The molecule has 2 aliphatic rings. The van der Waals surface area contributed by atoms with Gasteiger partial charge in [-0.1, -0.05) is 19.1 Å². The van der Waals surface area contributed by atoms with Gasteiger partial charge in [0.1, 0.15) is 17.5 Å². The predicted octanol–water partition coefficient (Wildman–Crippen LogP) is 2.54. The Morgan fingerprint density at radius 1 is 0.850 bits per heavy atom. The van der Waals surface area contributed by atoms with Crippen molar-refractivity contribution in [3.8, 4) is 28.3 Å². The number of carboxylic acid groups (broad SMARTS) is 1. The van der Waals surface area contributed by atoms with Gasteiger partial charge in [0.15, 0.2) is 29.4 Å². The fourth-order valence-corrected chi connectivity index (χ4v) is 8.06. The lowest BCUT2D eigenvalue weighted by Gasteiger charge is -2.27. The Balaban J connectivity index is 0.000000269. The Kier molecular flexibility index (Phi) is 21.4. The van der Waals surface area contributed by atoms with Crippen molar-refractivity contribution >= 4 is 69.8 Å². The summed E-state index contributed by atoms with van der Waals surface area (Å²) in [7, 11) is 1.86. The van der Waals surface area contributed by atoms with Crippen LogP contribution in [-0.2, 0) is 39.9 Å². The number of nitrogens with zero attached hydrogens (tertiary/aromatic N) is 7. The third-order valence-electron chi connectivity index (χ3n) is 12.1. The van der Waals surface area contributed by atoms with Gasteiger partial charge in [-0.05, 0) is 67.9 Å². The average molecular weight is 1100 g/mol. The van der Waals surface area contributed by atoms with Crippen molar-refractivity contribution in [2.45, 2.75) is 39.3 Å². The molecular formula is C53H65N15O12. The lowest BCUT2D eigenvalue weighted by Crippen LogP contribution is -2.49. The van der Waals surface area contributed by atoms with Gasteiger partial charge in [-0.3, -0.25) is 34.5 Å². The Labute approximate surface area is 459 Å². The zero-order valence-electron chi connectivity index (χ0n) is 44.5. The minimum Gasteiger partial charge on any atom is -0.484 e. The quantitative estimate of drug-likeness (QED) is 0.0352. The number of H-pyrrole nitrogens is 1. The molecule has 27 heteroatoms. The number of aliphatic carboxylic acids is 1. The second kappa shape index (κ2) is 29.2. The standard InChI is InChI=1S/C35H45N7O9.C18H20N8O3/c1-2-4-28(43)36-11-15-47-19-21-50-22-20-48-16-12-37-29(44)23-51-25-9-7-24(8-10-25)32-31-33(40-39-32)26-5-3-6-27(30(26)34(31)45)38-35(46)41-42-13-17-49-18-14-42;1-9(17(28)29)22-16(27)10-3-5-12(6-4-10)26(2)8-11-7-21-15-13(23-11)14(19)24-18(20)25-15/h3,5-10H,2,4,11-23H2,1H3,(H,36,43)(H,37,44)(H,39,40)(H2,38,41,46);3-7,9H,8H2,1-2H3,(H,22,27)(H,28,29)(H4,19,20,21,24,25). The normalized spacial score (nSPS) is 13.0. The first-order valence-electron chi connectivity index (χ1n) is 25.7. The molecule has 5 amide bonds. The number of anilines is 4. The maximum absolute atomic E-state index is 13.7. The van der Waals surface area contributed by atoms with Crippen LogP contribution in [0.5, 0.6) is 5.75 Å². The molecule has 1 fully saturated rings. The molecule has 6 aromatic rings. The summed E-state index contributed by atoms with van der Waals surface area (Å²) in [6, 6.07) is 17.6. The highest BCUT2D eigenvalue weighted by Crippen LogP contribution is 2.43. The number of ketones is 1. The van der Waals surface area contributed by atoms with E-state index in [4.69, 9.17) is 40.3 Å². The number of morpholine rings is 1. The van der Waals surface area contributed by atoms with E-state index in [0.717, 1.165) is 12.1 Å². The van der Waals surface area contributed by atoms with Gasteiger partial charge in [0, 0.05) is 62.0 Å². The first-order valence-corrected chi connectivity index (χ1v) is 25.7. The van der Waals surface area contributed by atoms with Crippen LogP contribution in [0.3, 0.4) is 0 Å². The number of ether oxygens (including phenoxy) is 5. The van der Waals surface area contributed by atoms with E-state index in [-0.39, 0.29) is 36.0 Å². The molecule has 0 saturated carbocycles. The van der Waals surface area contributed by atoms with Crippen molar-refractivity contribution < 1.29 is 57.6 Å². The minimum atomic E-state index is -1.10. The molecule has 1 saturated heterocycles. The number of nitrogens with one attached hydrogen (secondary N) is 6. The Bertz CT molecular complexity index is 3100. The molecule has 1 aliphatic carbocycles. The van der Waals surface area contributed by atoms with Crippen molar-refractivity contribution in [1.29, 1.82) is 0 Å². The molecule has 11 N–H and O–H groups in total. The number of fused-ring (bicyclic) bond motifs is 4. The van der Waals surface area contributed by atoms with Crippen LogP contribution in [-0.4, -0.2) is 174 Å². The Morgan fingerprint density at radius 3 is 2.20 bits per heavy atom. The first-order chi connectivity index (χ1) is 38.7. The van der Waals surface area contributed by atoms with E-state index in [2.05, 4.69) is 56.8 Å². The number of nitrogen functional groups attached to an aromatic ring is 2. The van der Waals surface area contributed by atoms with Gasteiger partial charge in [-0.25, -0.2) is 19.8 Å². The van der Waals surface area contributed by atoms with Crippen molar-refractivity contribution in [1.82, 2.24) is 56.5 Å². The van der Waals surface area contributed by atoms with E-state index in [0.29, 0.717) is 159 Å². The number of urea groups is 1. The fourth-order valence-electron chi connectivity index (χ4n) is 8.06. The van der Waals surface area contributed by atoms with E-state index in [1.807, 2.05) is 24.9 Å². The van der Waals surface area contributed by atoms with Gasteiger partial charge in [0.05, 0.1) is 93.8 Å². The summed E-state index contributed by atoms with van der Waals surface area (Å²) >= 11 is 0. The zero-order valence-corrected chi connectivity index (χ0v) is 44.5. The lowest BCUT2D eigenvalue weighted by atomic mass is 10.0. The average Bonchev–Trinajstić information content (AvgIpc) is 4.06. The number of aromatic nitrogens is 6. The molecular weight excluding hydrogens is 1040 g/mol. The highest BCUT2D eigenvalue weighted by Gasteiger charge is 2.35. The van der Waals surface area contributed by atoms with Crippen molar-refractivity contribution in [2.75, 3.05) is 114 Å². The number of carboxylic acids is 1. The number of carbonyl (C=O) groups is 6. The van der Waals surface area contributed by atoms with Gasteiger partial charge in [-0.2, -0.15) is 15.1 Å². The second-order valence-corrected chi connectivity index (χ2v) is 18.1. The summed E-state index contributed by atoms with van der Waals surface area (Å²) in [6.45, 7) is 9.04. The third kappa shape index (κ3) is 16.6. The van der Waals surface area contributed by atoms with Crippen LogP contribution in [0.2, 0.25) is 0 Å². The molecule has 4 heterocycles. The number of nitrogens with two attached hydrogens (primary N) is 2. The van der Waals surface area contributed by atoms with Crippen molar-refractivity contribution in [3.05, 3.63) is 95.3 Å². The van der Waals surface area contributed by atoms with Crippen LogP contribution in [0.15, 0.2) is 72.9 Å². The monoisotopic (exact) mass is 1100 g/mol. The number of carbonyl (C=O) groups excluding carboxylic acids is 5. The maximum atomic E-state index is 13.7. The van der Waals surface area contributed by atoms with E-state index >= 15 is 0 Å². The number of hydrogen-bond acceptors (Lipinski definition) is 20. The summed E-state index contributed by atoms with van der Waals surface area (Å²) in [5, 5.41) is 28.8. The van der Waals surface area contributed by atoms with E-state index in [1.165, 1.54) is 6.92 Å². The Morgan fingerprint density at radius 2 is 1.52 bits per heavy atom. The molecule has 424 valence electrons. The van der Waals surface area contributed by atoms with Crippen LogP contribution in [0.25, 0.3) is 33.7 Å². The van der Waals surface area contributed by atoms with Crippen LogP contribution >= 0.6 is 0 Å². The smallest absolute Gasteiger partial charge is 0.333 e. The largest absolute Gasteiger partial charge is 0.484 e. The summed E-state index contributed by atoms with van der Waals surface area (Å²) in [6.07, 6.45) is 2.93. The second-order valence-electron chi connectivity index (χ2n) is 18.1. The molecule has 3 aromatic carbocycles. The molecule has 0 bridgehead atoms. The molecule has 0 radical (unpaired) electrons. The van der Waals surface area contributed by atoms with Crippen LogP contribution in [0.1, 0.15) is 58.7 Å². The first kappa shape index (κ1) is 58.8. The van der Waals surface area contributed by atoms with Crippen molar-refractivity contribution in [3.63, 3.8) is 0 Å². The number of aromatic amines is 1. The minimum absolute atomic E-state index is 0.0320. The molecule has 80 heavy (non-hydrogen) atoms. The Hall–Kier alpha value is -8.89. The molecule has 27 nitrogen and oxygen atoms in total. The summed E-state index contributed by atoms with van der Waals surface area (Å²) < 4.78 is 27.3. The molecule has 0 spiro atoms. The molecule has 1 unspecified atom stereocenters. The van der Waals surface area contributed by atoms with Gasteiger partial charge < -0.3 is 66.4 Å². The van der Waals surface area contributed by atoms with Gasteiger partial charge >= 0.3 is 12.0 Å². The maximum Gasteiger partial charge on any atom is 0.333 e. The number of hydrazine groups is 1. The summed E-state index contributed by atoms with van der Waals surface area (Å²) in [4.78, 5) is 91.4. The summed E-state index contributed by atoms with van der Waals surface area (Å²) in [5.74, 6) is -1.38. The van der Waals surface area contributed by atoms with Crippen LogP contribution < -0.4 is 47.8 Å². The fraction of sp³-hybridized carbons (Fsp3) is 0.377. The molecule has 8 rings (SSSR count). The predicted molar refractivity (Wildman–Crippen MR) is 293 cm³/mol. The van der Waals surface area contributed by atoms with Gasteiger partial charge in [-0.15, -0.1) is 0 Å². The molecule has 1 aliphatic heterocycles. The topological polar surface area (TPSA) is 368 Å². The van der Waals surface area contributed by atoms with Gasteiger partial charge in [0.25, 0.3) is 11.8 Å². The highest BCUT2D eigenvalue weighted by atomic mass is 16.5. The number of hydrogen-bond donors (Lipinski definition) is 9. The number of amides is 5. The zero-order chi connectivity index (χ0) is 57.0. The van der Waals surface area contributed by atoms with Crippen LogP contribution in [0, 0.1) is 0 Å². The highest BCUT2D eigenvalue weighted by molar-refractivity contribution is 6.27. The SMILES string of the molecule is CC(NC(=O)c1ccc(N(C)Cc2cnc3nc(N)nc(N)c3n2)cc1)C(=O)O.CCCC(=O)NCCOCCOCCOCCNC(=O)COc1ccc(-c2n[nH]c3c2C(=O)c2c(NC(=O)NN4CCOCC4)cccc2-3)cc1. The number of benzene rings is 3.